The highest BCUT2D eigenvalue weighted by molar-refractivity contribution is 7.18. The lowest BCUT2D eigenvalue weighted by molar-refractivity contribution is -0.117. The lowest BCUT2D eigenvalue weighted by Crippen LogP contribution is -2.48. The van der Waals surface area contributed by atoms with Crippen molar-refractivity contribution in [3.8, 4) is 5.75 Å². The van der Waals surface area contributed by atoms with Crippen LogP contribution in [0.5, 0.6) is 5.75 Å². The number of amides is 1. The van der Waals surface area contributed by atoms with Crippen molar-refractivity contribution in [1.29, 1.82) is 0 Å². The van der Waals surface area contributed by atoms with Gasteiger partial charge < -0.3 is 24.4 Å². The van der Waals surface area contributed by atoms with Crippen molar-refractivity contribution in [1.82, 2.24) is 4.90 Å². The number of ether oxygens (including phenoxy) is 3. The SMILES string of the molecule is COC(=O)c1sc(NC(=O)CN2CCN(c3cccc(OC)c3)CC2)c(C(=O)OC)c1C. The van der Waals surface area contributed by atoms with E-state index in [1.165, 1.54) is 14.2 Å². The molecule has 0 saturated carbocycles. The number of thiophene rings is 1. The normalized spacial score (nSPS) is 14.1. The van der Waals surface area contributed by atoms with Crippen molar-refractivity contribution in [3.05, 3.63) is 40.3 Å². The minimum absolute atomic E-state index is 0.175. The zero-order chi connectivity index (χ0) is 23.3. The second-order valence-corrected chi connectivity index (χ2v) is 8.28. The third-order valence-electron chi connectivity index (χ3n) is 5.32. The van der Waals surface area contributed by atoms with E-state index in [9.17, 15) is 14.4 Å². The molecule has 0 atom stereocenters. The zero-order valence-electron chi connectivity index (χ0n) is 18.6. The smallest absolute Gasteiger partial charge is 0.348 e. The van der Waals surface area contributed by atoms with Crippen LogP contribution in [0.25, 0.3) is 0 Å². The van der Waals surface area contributed by atoms with Gasteiger partial charge in [0.05, 0.1) is 33.4 Å². The Bertz CT molecular complexity index is 998. The predicted octanol–water partition coefficient (Wildman–Crippen LogP) is 2.40. The Kier molecular flexibility index (Phi) is 7.70. The summed E-state index contributed by atoms with van der Waals surface area (Å²) in [6, 6.07) is 7.90. The first-order chi connectivity index (χ1) is 15.4. The molecule has 0 radical (unpaired) electrons. The van der Waals surface area contributed by atoms with Gasteiger partial charge in [0.2, 0.25) is 5.91 Å². The second kappa shape index (κ2) is 10.5. The van der Waals surface area contributed by atoms with Gasteiger partial charge >= 0.3 is 11.9 Å². The van der Waals surface area contributed by atoms with Crippen LogP contribution < -0.4 is 15.0 Å². The van der Waals surface area contributed by atoms with Crippen molar-refractivity contribution in [2.75, 3.05) is 64.3 Å². The number of hydrogen-bond donors (Lipinski definition) is 1. The Morgan fingerprint density at radius 1 is 1.03 bits per heavy atom. The van der Waals surface area contributed by atoms with Crippen LogP contribution in [0.15, 0.2) is 24.3 Å². The molecule has 2 aromatic rings. The second-order valence-electron chi connectivity index (χ2n) is 7.26. The molecular formula is C22H27N3O6S. The monoisotopic (exact) mass is 461 g/mol. The number of esters is 2. The van der Waals surface area contributed by atoms with Gasteiger partial charge in [0.15, 0.2) is 0 Å². The summed E-state index contributed by atoms with van der Waals surface area (Å²) in [6.45, 7) is 4.78. The number of piperazine rings is 1. The lowest BCUT2D eigenvalue weighted by Gasteiger charge is -2.35. The largest absolute Gasteiger partial charge is 0.497 e. The quantitative estimate of drug-likeness (QED) is 0.628. The summed E-state index contributed by atoms with van der Waals surface area (Å²) in [5.74, 6) is -0.631. The molecule has 1 fully saturated rings. The third kappa shape index (κ3) is 5.20. The van der Waals surface area contributed by atoms with Crippen LogP contribution >= 0.6 is 11.3 Å². The van der Waals surface area contributed by atoms with Crippen LogP contribution in [-0.4, -0.2) is 76.8 Å². The first kappa shape index (κ1) is 23.6. The number of nitrogens with one attached hydrogen (secondary N) is 1. The number of benzene rings is 1. The molecule has 1 saturated heterocycles. The molecule has 9 nitrogen and oxygen atoms in total. The highest BCUT2D eigenvalue weighted by atomic mass is 32.1. The molecule has 1 aliphatic heterocycles. The van der Waals surface area contributed by atoms with Gasteiger partial charge in [-0.1, -0.05) is 6.07 Å². The van der Waals surface area contributed by atoms with Gasteiger partial charge in [-0.05, 0) is 24.6 Å². The molecule has 172 valence electrons. The molecule has 1 aliphatic rings. The highest BCUT2D eigenvalue weighted by Crippen LogP contribution is 2.34. The fourth-order valence-corrected chi connectivity index (χ4v) is 4.71. The number of rotatable bonds is 7. The fraction of sp³-hybridized carbons (Fsp3) is 0.409. The number of anilines is 2. The summed E-state index contributed by atoms with van der Waals surface area (Å²) in [5.41, 5.74) is 1.69. The topological polar surface area (TPSA) is 97.4 Å². The van der Waals surface area contributed by atoms with E-state index in [2.05, 4.69) is 10.2 Å². The summed E-state index contributed by atoms with van der Waals surface area (Å²) in [6.07, 6.45) is 0. The van der Waals surface area contributed by atoms with Crippen molar-refractivity contribution in [2.45, 2.75) is 6.92 Å². The summed E-state index contributed by atoms with van der Waals surface area (Å²) in [7, 11) is 4.16. The number of nitrogens with zero attached hydrogens (tertiary/aromatic N) is 2. The molecule has 10 heteroatoms. The number of carbonyl (C=O) groups is 3. The lowest BCUT2D eigenvalue weighted by atomic mass is 10.1. The van der Waals surface area contributed by atoms with E-state index in [0.717, 1.165) is 35.9 Å². The van der Waals surface area contributed by atoms with Gasteiger partial charge in [-0.3, -0.25) is 9.69 Å². The van der Waals surface area contributed by atoms with Crippen LogP contribution in [-0.2, 0) is 14.3 Å². The minimum atomic E-state index is -0.615. The number of methoxy groups -OCH3 is 3. The van der Waals surface area contributed by atoms with Gasteiger partial charge in [-0.2, -0.15) is 0 Å². The molecule has 0 unspecified atom stereocenters. The molecule has 0 bridgehead atoms. The van der Waals surface area contributed by atoms with E-state index < -0.39 is 11.9 Å². The van der Waals surface area contributed by atoms with Crippen molar-refractivity contribution < 1.29 is 28.6 Å². The summed E-state index contributed by atoms with van der Waals surface area (Å²) in [4.78, 5) is 41.5. The molecule has 3 rings (SSSR count). The summed E-state index contributed by atoms with van der Waals surface area (Å²) >= 11 is 1.01. The van der Waals surface area contributed by atoms with Crippen LogP contribution in [0.4, 0.5) is 10.7 Å². The van der Waals surface area contributed by atoms with Gasteiger partial charge in [0.1, 0.15) is 15.6 Å². The number of carbonyl (C=O) groups excluding carboxylic acids is 3. The fourth-order valence-electron chi connectivity index (χ4n) is 3.58. The molecule has 2 heterocycles. The maximum absolute atomic E-state index is 12.7. The standard InChI is InChI=1S/C22H27N3O6S/c1-14-18(21(27)30-3)20(32-19(14)22(28)31-4)23-17(26)13-24-8-10-25(11-9-24)15-6-5-7-16(12-15)29-2/h5-7,12H,8-11,13H2,1-4H3,(H,23,26). The van der Waals surface area contributed by atoms with E-state index in [-0.39, 0.29) is 27.9 Å². The van der Waals surface area contributed by atoms with Gasteiger partial charge in [-0.15, -0.1) is 11.3 Å². The van der Waals surface area contributed by atoms with Crippen LogP contribution in [0, 0.1) is 6.92 Å². The Hall–Kier alpha value is -3.11. The van der Waals surface area contributed by atoms with Crippen LogP contribution in [0.3, 0.4) is 0 Å². The Balaban J connectivity index is 1.63. The van der Waals surface area contributed by atoms with Crippen LogP contribution in [0.1, 0.15) is 25.6 Å². The Labute approximate surface area is 190 Å². The average Bonchev–Trinajstić information content (AvgIpc) is 3.13. The highest BCUT2D eigenvalue weighted by Gasteiger charge is 2.27. The molecule has 1 amide bonds. The maximum atomic E-state index is 12.7. The van der Waals surface area contributed by atoms with Crippen LogP contribution in [0.2, 0.25) is 0 Å². The maximum Gasteiger partial charge on any atom is 0.348 e. The molecule has 1 aromatic heterocycles. The molecule has 32 heavy (non-hydrogen) atoms. The molecule has 1 aromatic carbocycles. The van der Waals surface area contributed by atoms with Crippen molar-refractivity contribution >= 4 is 39.9 Å². The van der Waals surface area contributed by atoms with E-state index >= 15 is 0 Å². The van der Waals surface area contributed by atoms with E-state index in [4.69, 9.17) is 14.2 Å². The van der Waals surface area contributed by atoms with Crippen molar-refractivity contribution in [2.24, 2.45) is 0 Å². The first-order valence-corrected chi connectivity index (χ1v) is 10.9. The minimum Gasteiger partial charge on any atom is -0.497 e. The van der Waals surface area contributed by atoms with Gasteiger partial charge in [0.25, 0.3) is 0 Å². The molecule has 0 spiro atoms. The van der Waals surface area contributed by atoms with Gasteiger partial charge in [-0.25, -0.2) is 9.59 Å². The summed E-state index contributed by atoms with van der Waals surface area (Å²) in [5, 5.41) is 3.06. The molecule has 1 N–H and O–H groups in total. The molecular weight excluding hydrogens is 434 g/mol. The number of hydrogen-bond acceptors (Lipinski definition) is 9. The van der Waals surface area contributed by atoms with E-state index in [1.54, 1.807) is 14.0 Å². The van der Waals surface area contributed by atoms with Gasteiger partial charge in [0, 0.05) is 37.9 Å². The molecule has 0 aliphatic carbocycles. The first-order valence-electron chi connectivity index (χ1n) is 10.1. The average molecular weight is 462 g/mol. The van der Waals surface area contributed by atoms with E-state index in [1.807, 2.05) is 29.2 Å². The third-order valence-corrected chi connectivity index (χ3v) is 6.51. The van der Waals surface area contributed by atoms with Crippen molar-refractivity contribution in [3.63, 3.8) is 0 Å². The van der Waals surface area contributed by atoms with E-state index in [0.29, 0.717) is 18.7 Å². The zero-order valence-corrected chi connectivity index (χ0v) is 19.4. The summed E-state index contributed by atoms with van der Waals surface area (Å²) < 4.78 is 14.9. The predicted molar refractivity (Wildman–Crippen MR) is 122 cm³/mol. The Morgan fingerprint density at radius 2 is 1.72 bits per heavy atom. The Morgan fingerprint density at radius 3 is 2.34 bits per heavy atom.